The standard InChI is InChI=1S/C13H19NO3S/c1-9-8-11(10(2)18-9)4-3-5-12(15)14-7-6-13(16)17/h8H,3-7H2,1-2H3,(H,14,15)(H,16,17). The zero-order chi connectivity index (χ0) is 13.5. The van der Waals surface area contributed by atoms with Crippen LogP contribution in [-0.2, 0) is 16.0 Å². The predicted molar refractivity (Wildman–Crippen MR) is 72.0 cm³/mol. The molecule has 0 bridgehead atoms. The van der Waals surface area contributed by atoms with Crippen LogP contribution in [0.5, 0.6) is 0 Å². The molecule has 0 aliphatic heterocycles. The van der Waals surface area contributed by atoms with E-state index in [1.165, 1.54) is 15.3 Å². The average molecular weight is 269 g/mol. The summed E-state index contributed by atoms with van der Waals surface area (Å²) in [6, 6.07) is 2.17. The molecule has 18 heavy (non-hydrogen) atoms. The van der Waals surface area contributed by atoms with Crippen LogP contribution >= 0.6 is 11.3 Å². The second-order valence-electron chi connectivity index (χ2n) is 4.29. The molecule has 1 amide bonds. The lowest BCUT2D eigenvalue weighted by molar-refractivity contribution is -0.136. The lowest BCUT2D eigenvalue weighted by atomic mass is 10.1. The van der Waals surface area contributed by atoms with Crippen LogP contribution in [-0.4, -0.2) is 23.5 Å². The van der Waals surface area contributed by atoms with Gasteiger partial charge in [0.15, 0.2) is 0 Å². The van der Waals surface area contributed by atoms with Gasteiger partial charge in [-0.3, -0.25) is 9.59 Å². The van der Waals surface area contributed by atoms with Crippen LogP contribution in [0.1, 0.15) is 34.6 Å². The fourth-order valence-electron chi connectivity index (χ4n) is 1.77. The van der Waals surface area contributed by atoms with Crippen molar-refractivity contribution in [2.24, 2.45) is 0 Å². The zero-order valence-electron chi connectivity index (χ0n) is 10.8. The molecule has 100 valence electrons. The van der Waals surface area contributed by atoms with Gasteiger partial charge in [-0.15, -0.1) is 11.3 Å². The highest BCUT2D eigenvalue weighted by atomic mass is 32.1. The Morgan fingerprint density at radius 3 is 2.61 bits per heavy atom. The van der Waals surface area contributed by atoms with E-state index >= 15 is 0 Å². The van der Waals surface area contributed by atoms with Crippen LogP contribution in [0.4, 0.5) is 0 Å². The van der Waals surface area contributed by atoms with Crippen molar-refractivity contribution < 1.29 is 14.7 Å². The summed E-state index contributed by atoms with van der Waals surface area (Å²) in [7, 11) is 0. The number of aliphatic carboxylic acids is 1. The monoisotopic (exact) mass is 269 g/mol. The molecule has 1 aromatic heterocycles. The Hall–Kier alpha value is -1.36. The first-order chi connectivity index (χ1) is 8.49. The Bertz CT molecular complexity index is 426. The van der Waals surface area contributed by atoms with E-state index in [9.17, 15) is 9.59 Å². The number of rotatable bonds is 7. The molecule has 0 aromatic carbocycles. The molecule has 0 aliphatic rings. The van der Waals surface area contributed by atoms with Crippen molar-refractivity contribution in [3.8, 4) is 0 Å². The van der Waals surface area contributed by atoms with Crippen molar-refractivity contribution in [1.82, 2.24) is 5.32 Å². The Balaban J connectivity index is 2.19. The molecule has 0 unspecified atom stereocenters. The number of carboxylic acid groups (broad SMARTS) is 1. The Kier molecular flexibility index (Phi) is 5.85. The summed E-state index contributed by atoms with van der Waals surface area (Å²) >= 11 is 1.78. The molecule has 1 heterocycles. The first-order valence-corrected chi connectivity index (χ1v) is 6.85. The first-order valence-electron chi connectivity index (χ1n) is 6.03. The second kappa shape index (κ2) is 7.16. The van der Waals surface area contributed by atoms with Gasteiger partial charge < -0.3 is 10.4 Å². The molecular formula is C13H19NO3S. The Labute approximate surface area is 111 Å². The van der Waals surface area contributed by atoms with E-state index in [4.69, 9.17) is 5.11 Å². The molecule has 0 fully saturated rings. The molecule has 0 saturated carbocycles. The van der Waals surface area contributed by atoms with Crippen LogP contribution in [0.25, 0.3) is 0 Å². The van der Waals surface area contributed by atoms with E-state index in [2.05, 4.69) is 25.2 Å². The van der Waals surface area contributed by atoms with Gasteiger partial charge in [0.1, 0.15) is 0 Å². The SMILES string of the molecule is Cc1cc(CCCC(=O)NCCC(=O)O)c(C)s1. The van der Waals surface area contributed by atoms with E-state index in [0.29, 0.717) is 6.42 Å². The minimum Gasteiger partial charge on any atom is -0.481 e. The molecule has 0 atom stereocenters. The minimum absolute atomic E-state index is 0.0193. The zero-order valence-corrected chi connectivity index (χ0v) is 11.6. The third-order valence-electron chi connectivity index (χ3n) is 2.65. The lowest BCUT2D eigenvalue weighted by Gasteiger charge is -2.03. The van der Waals surface area contributed by atoms with E-state index in [-0.39, 0.29) is 18.9 Å². The number of amides is 1. The van der Waals surface area contributed by atoms with Crippen molar-refractivity contribution in [2.75, 3.05) is 6.54 Å². The summed E-state index contributed by atoms with van der Waals surface area (Å²) in [5.74, 6) is -0.958. The van der Waals surface area contributed by atoms with Gasteiger partial charge in [-0.2, -0.15) is 0 Å². The summed E-state index contributed by atoms with van der Waals surface area (Å²) in [4.78, 5) is 24.3. The van der Waals surface area contributed by atoms with Gasteiger partial charge >= 0.3 is 5.97 Å². The van der Waals surface area contributed by atoms with Gasteiger partial charge in [-0.25, -0.2) is 0 Å². The van der Waals surface area contributed by atoms with Gasteiger partial charge in [0, 0.05) is 22.7 Å². The van der Waals surface area contributed by atoms with E-state index in [0.717, 1.165) is 12.8 Å². The van der Waals surface area contributed by atoms with Gasteiger partial charge in [-0.1, -0.05) is 0 Å². The molecule has 0 spiro atoms. The summed E-state index contributed by atoms with van der Waals surface area (Å²) in [6.45, 7) is 4.39. The molecule has 4 nitrogen and oxygen atoms in total. The van der Waals surface area contributed by atoms with Crippen LogP contribution in [0.15, 0.2) is 6.07 Å². The molecule has 1 aromatic rings. The maximum Gasteiger partial charge on any atom is 0.305 e. The van der Waals surface area contributed by atoms with Gasteiger partial charge in [0.2, 0.25) is 5.91 Å². The minimum atomic E-state index is -0.889. The maximum absolute atomic E-state index is 11.4. The van der Waals surface area contributed by atoms with Crippen LogP contribution in [0, 0.1) is 13.8 Å². The maximum atomic E-state index is 11.4. The number of nitrogens with one attached hydrogen (secondary N) is 1. The van der Waals surface area contributed by atoms with Crippen molar-refractivity contribution in [3.63, 3.8) is 0 Å². The average Bonchev–Trinajstić information content (AvgIpc) is 2.57. The van der Waals surface area contributed by atoms with E-state index in [1.807, 2.05) is 0 Å². The number of carboxylic acids is 1. The van der Waals surface area contributed by atoms with Crippen molar-refractivity contribution in [2.45, 2.75) is 39.5 Å². The Morgan fingerprint density at radius 1 is 1.33 bits per heavy atom. The number of hydrogen-bond donors (Lipinski definition) is 2. The van der Waals surface area contributed by atoms with Crippen LogP contribution in [0.3, 0.4) is 0 Å². The summed E-state index contributed by atoms with van der Waals surface area (Å²) in [5, 5.41) is 11.0. The molecular weight excluding hydrogens is 250 g/mol. The third kappa shape index (κ3) is 5.31. The fraction of sp³-hybridized carbons (Fsp3) is 0.538. The molecule has 0 radical (unpaired) electrons. The Morgan fingerprint density at radius 2 is 2.06 bits per heavy atom. The predicted octanol–water partition coefficient (Wildman–Crippen LogP) is 2.28. The summed E-state index contributed by atoms with van der Waals surface area (Å²) in [5.41, 5.74) is 1.32. The van der Waals surface area contributed by atoms with E-state index < -0.39 is 5.97 Å². The number of carbonyl (C=O) groups excluding carboxylic acids is 1. The number of hydrogen-bond acceptors (Lipinski definition) is 3. The highest BCUT2D eigenvalue weighted by Crippen LogP contribution is 2.22. The molecule has 1 rings (SSSR count). The van der Waals surface area contributed by atoms with Crippen LogP contribution in [0.2, 0.25) is 0 Å². The highest BCUT2D eigenvalue weighted by Gasteiger charge is 2.05. The van der Waals surface area contributed by atoms with Crippen LogP contribution < -0.4 is 5.32 Å². The summed E-state index contributed by atoms with van der Waals surface area (Å²) in [6.07, 6.45) is 2.14. The smallest absolute Gasteiger partial charge is 0.305 e. The topological polar surface area (TPSA) is 66.4 Å². The second-order valence-corrected chi connectivity index (χ2v) is 5.75. The van der Waals surface area contributed by atoms with Gasteiger partial charge in [0.05, 0.1) is 6.42 Å². The molecule has 2 N–H and O–H groups in total. The van der Waals surface area contributed by atoms with E-state index in [1.54, 1.807) is 11.3 Å². The van der Waals surface area contributed by atoms with Crippen molar-refractivity contribution in [1.29, 1.82) is 0 Å². The van der Waals surface area contributed by atoms with Crippen molar-refractivity contribution >= 4 is 23.2 Å². The van der Waals surface area contributed by atoms with Crippen molar-refractivity contribution in [3.05, 3.63) is 21.4 Å². The fourth-order valence-corrected chi connectivity index (χ4v) is 2.74. The number of thiophene rings is 1. The highest BCUT2D eigenvalue weighted by molar-refractivity contribution is 7.12. The molecule has 5 heteroatoms. The van der Waals surface area contributed by atoms with Gasteiger partial charge in [-0.05, 0) is 38.3 Å². The largest absolute Gasteiger partial charge is 0.481 e. The number of aryl methyl sites for hydroxylation is 3. The number of carbonyl (C=O) groups is 2. The quantitative estimate of drug-likeness (QED) is 0.798. The normalized spacial score (nSPS) is 10.3. The molecule has 0 aliphatic carbocycles. The lowest BCUT2D eigenvalue weighted by Crippen LogP contribution is -2.25. The van der Waals surface area contributed by atoms with Gasteiger partial charge in [0.25, 0.3) is 0 Å². The third-order valence-corrected chi connectivity index (χ3v) is 3.66. The summed E-state index contributed by atoms with van der Waals surface area (Å²) < 4.78 is 0. The first kappa shape index (κ1) is 14.7. The molecule has 0 saturated heterocycles.